The molecule has 0 aliphatic heterocycles. The molecule has 140 valence electrons. The first kappa shape index (κ1) is 17.7. The van der Waals surface area contributed by atoms with Crippen LogP contribution in [0.1, 0.15) is 65.7 Å². The van der Waals surface area contributed by atoms with Gasteiger partial charge in [-0.15, -0.1) is 0 Å². The molecule has 0 spiro atoms. The molecule has 8 unspecified atom stereocenters. The fraction of sp³-hybridized carbons (Fsp3) is 0.857. The Hall–Kier alpha value is -0.710. The van der Waals surface area contributed by atoms with E-state index in [1.54, 1.807) is 6.92 Å². The summed E-state index contributed by atoms with van der Waals surface area (Å²) in [5, 5.41) is 32.7. The summed E-state index contributed by atoms with van der Waals surface area (Å²) in [6.45, 7) is 6.00. The van der Waals surface area contributed by atoms with E-state index >= 15 is 0 Å². The number of carbonyl (C=O) groups excluding carboxylic acids is 1. The van der Waals surface area contributed by atoms with Gasteiger partial charge in [0.1, 0.15) is 0 Å². The Morgan fingerprint density at radius 1 is 1.20 bits per heavy atom. The molecule has 0 aromatic heterocycles. The summed E-state index contributed by atoms with van der Waals surface area (Å²) in [6.07, 6.45) is 5.96. The quantitative estimate of drug-likeness (QED) is 0.681. The molecular formula is C21H32O4. The Kier molecular flexibility index (Phi) is 3.82. The van der Waals surface area contributed by atoms with E-state index < -0.39 is 23.2 Å². The lowest BCUT2D eigenvalue weighted by molar-refractivity contribution is -0.199. The molecule has 4 aliphatic rings. The first-order chi connectivity index (χ1) is 11.6. The fourth-order valence-electron chi connectivity index (χ4n) is 7.41. The molecule has 25 heavy (non-hydrogen) atoms. The molecule has 4 rings (SSSR count). The number of rotatable bonds is 1. The minimum atomic E-state index is -1.11. The van der Waals surface area contributed by atoms with Crippen LogP contribution >= 0.6 is 0 Å². The van der Waals surface area contributed by atoms with Crippen molar-refractivity contribution in [2.75, 3.05) is 0 Å². The van der Waals surface area contributed by atoms with Gasteiger partial charge in [-0.3, -0.25) is 4.79 Å². The van der Waals surface area contributed by atoms with Gasteiger partial charge in [-0.05, 0) is 74.7 Å². The van der Waals surface area contributed by atoms with Gasteiger partial charge in [0.25, 0.3) is 0 Å². The molecule has 3 fully saturated rings. The van der Waals surface area contributed by atoms with Crippen LogP contribution in [0.4, 0.5) is 0 Å². The normalized spacial score (nSPS) is 53.5. The van der Waals surface area contributed by atoms with E-state index in [2.05, 4.69) is 13.8 Å². The zero-order valence-corrected chi connectivity index (χ0v) is 15.7. The molecule has 3 saturated carbocycles. The van der Waals surface area contributed by atoms with Crippen molar-refractivity contribution >= 4 is 5.78 Å². The summed E-state index contributed by atoms with van der Waals surface area (Å²) in [6, 6.07) is 0. The van der Waals surface area contributed by atoms with Crippen LogP contribution in [0.15, 0.2) is 11.6 Å². The molecule has 0 amide bonds. The largest absolute Gasteiger partial charge is 0.393 e. The fourth-order valence-corrected chi connectivity index (χ4v) is 7.41. The summed E-state index contributed by atoms with van der Waals surface area (Å²) in [5.41, 5.74) is -0.410. The number of carbonyl (C=O) groups is 1. The van der Waals surface area contributed by atoms with Crippen LogP contribution in [-0.2, 0) is 4.79 Å². The second kappa shape index (κ2) is 5.40. The van der Waals surface area contributed by atoms with Gasteiger partial charge in [-0.1, -0.05) is 19.4 Å². The van der Waals surface area contributed by atoms with Crippen LogP contribution < -0.4 is 0 Å². The second-order valence-electron chi connectivity index (χ2n) is 9.72. The van der Waals surface area contributed by atoms with Gasteiger partial charge in [0.2, 0.25) is 0 Å². The van der Waals surface area contributed by atoms with Gasteiger partial charge >= 0.3 is 0 Å². The predicted octanol–water partition coefficient (Wildman–Crippen LogP) is 2.60. The summed E-state index contributed by atoms with van der Waals surface area (Å²) < 4.78 is 0. The Bertz CT molecular complexity index is 625. The van der Waals surface area contributed by atoms with Crippen LogP contribution in [0.3, 0.4) is 0 Å². The average Bonchev–Trinajstić information content (AvgIpc) is 2.80. The lowest BCUT2D eigenvalue weighted by Crippen LogP contribution is -2.62. The van der Waals surface area contributed by atoms with Crippen LogP contribution in [0.25, 0.3) is 0 Å². The molecule has 4 heteroatoms. The van der Waals surface area contributed by atoms with E-state index in [9.17, 15) is 20.1 Å². The third-order valence-electron chi connectivity index (χ3n) is 8.80. The highest BCUT2D eigenvalue weighted by Crippen LogP contribution is 2.67. The van der Waals surface area contributed by atoms with Gasteiger partial charge < -0.3 is 15.3 Å². The van der Waals surface area contributed by atoms with Crippen LogP contribution in [0.2, 0.25) is 0 Å². The first-order valence-electron chi connectivity index (χ1n) is 9.96. The maximum Gasteiger partial charge on any atom is 0.155 e. The minimum absolute atomic E-state index is 0.0941. The highest BCUT2D eigenvalue weighted by molar-refractivity contribution is 5.91. The standard InChI is InChI=1S/C21H32O4/c1-12(22)21(25)9-7-16-15-5-4-13-10-14(23)6-8-19(13,2)18(15)17(24)11-20(16,21)3/h10,12,15-18,22,24-25H,4-9,11H2,1-3H3. The van der Waals surface area contributed by atoms with Crippen LogP contribution in [0.5, 0.6) is 0 Å². The minimum Gasteiger partial charge on any atom is -0.393 e. The van der Waals surface area contributed by atoms with E-state index in [0.29, 0.717) is 31.1 Å². The van der Waals surface area contributed by atoms with Crippen molar-refractivity contribution in [2.24, 2.45) is 28.6 Å². The summed E-state index contributed by atoms with van der Waals surface area (Å²) in [7, 11) is 0. The zero-order valence-electron chi connectivity index (χ0n) is 15.7. The molecular weight excluding hydrogens is 316 g/mol. The third-order valence-corrected chi connectivity index (χ3v) is 8.80. The Morgan fingerprint density at radius 2 is 1.92 bits per heavy atom. The van der Waals surface area contributed by atoms with E-state index in [1.807, 2.05) is 6.08 Å². The Labute approximate surface area is 150 Å². The van der Waals surface area contributed by atoms with E-state index in [0.717, 1.165) is 25.7 Å². The van der Waals surface area contributed by atoms with Crippen molar-refractivity contribution in [3.63, 3.8) is 0 Å². The molecule has 0 bridgehead atoms. The lowest BCUT2D eigenvalue weighted by Gasteiger charge is -2.61. The molecule has 0 aromatic carbocycles. The van der Waals surface area contributed by atoms with Gasteiger partial charge in [-0.2, -0.15) is 0 Å². The summed E-state index contributed by atoms with van der Waals surface area (Å²) >= 11 is 0. The van der Waals surface area contributed by atoms with E-state index in [1.165, 1.54) is 5.57 Å². The SMILES string of the molecule is CC(O)C1(O)CCC2C3CCC4=CC(=O)CCC4(C)C3C(O)CC21C. The second-order valence-corrected chi connectivity index (χ2v) is 9.72. The van der Waals surface area contributed by atoms with Crippen LogP contribution in [-0.4, -0.2) is 38.9 Å². The van der Waals surface area contributed by atoms with E-state index in [4.69, 9.17) is 0 Å². The lowest BCUT2D eigenvalue weighted by atomic mass is 9.45. The number of ketones is 1. The van der Waals surface area contributed by atoms with Crippen molar-refractivity contribution in [1.82, 2.24) is 0 Å². The monoisotopic (exact) mass is 348 g/mol. The molecule has 0 aromatic rings. The molecule has 0 radical (unpaired) electrons. The number of allylic oxidation sites excluding steroid dienone is 1. The highest BCUT2D eigenvalue weighted by atomic mass is 16.3. The van der Waals surface area contributed by atoms with Gasteiger partial charge in [0.15, 0.2) is 5.78 Å². The number of fused-ring (bicyclic) bond motifs is 5. The highest BCUT2D eigenvalue weighted by Gasteiger charge is 2.67. The van der Waals surface area contributed by atoms with Gasteiger partial charge in [-0.25, -0.2) is 0 Å². The Balaban J connectivity index is 1.74. The molecule has 3 N–H and O–H groups in total. The molecule has 0 saturated heterocycles. The maximum absolute atomic E-state index is 11.9. The molecule has 4 nitrogen and oxygen atoms in total. The van der Waals surface area contributed by atoms with E-state index in [-0.39, 0.29) is 17.1 Å². The number of aliphatic hydroxyl groups excluding tert-OH is 2. The van der Waals surface area contributed by atoms with Crippen molar-refractivity contribution in [1.29, 1.82) is 0 Å². The first-order valence-corrected chi connectivity index (χ1v) is 9.96. The average molecular weight is 348 g/mol. The topological polar surface area (TPSA) is 77.8 Å². The third kappa shape index (κ3) is 2.14. The zero-order chi connectivity index (χ0) is 18.2. The summed E-state index contributed by atoms with van der Waals surface area (Å²) in [5.74, 6) is 1.08. The smallest absolute Gasteiger partial charge is 0.155 e. The van der Waals surface area contributed by atoms with Crippen molar-refractivity contribution in [2.45, 2.75) is 83.5 Å². The van der Waals surface area contributed by atoms with Crippen LogP contribution in [0, 0.1) is 28.6 Å². The summed E-state index contributed by atoms with van der Waals surface area (Å²) in [4.78, 5) is 11.9. The van der Waals surface area contributed by atoms with Gasteiger partial charge in [0, 0.05) is 11.8 Å². The van der Waals surface area contributed by atoms with Gasteiger partial charge in [0.05, 0.1) is 17.8 Å². The number of hydrogen-bond acceptors (Lipinski definition) is 4. The van der Waals surface area contributed by atoms with Crippen molar-refractivity contribution in [3.05, 3.63) is 11.6 Å². The van der Waals surface area contributed by atoms with Crippen molar-refractivity contribution in [3.8, 4) is 0 Å². The molecule has 8 atom stereocenters. The predicted molar refractivity (Wildman–Crippen MR) is 94.7 cm³/mol. The maximum atomic E-state index is 11.9. The molecule has 4 aliphatic carbocycles. The number of aliphatic hydroxyl groups is 3. The number of hydrogen-bond donors (Lipinski definition) is 3. The van der Waals surface area contributed by atoms with Crippen molar-refractivity contribution < 1.29 is 20.1 Å². The molecule has 0 heterocycles. The Morgan fingerprint density at radius 3 is 2.60 bits per heavy atom.